The lowest BCUT2D eigenvalue weighted by molar-refractivity contribution is 0.0529. The minimum atomic E-state index is -0.572. The molecule has 0 spiro atoms. The lowest BCUT2D eigenvalue weighted by Gasteiger charge is -2.10. The van der Waals surface area contributed by atoms with Crippen molar-refractivity contribution in [3.05, 3.63) is 76.7 Å². The number of carbonyl (C=O) groups is 3. The fourth-order valence-electron chi connectivity index (χ4n) is 3.20. The molecule has 3 rings (SSSR count). The SMILES string of the molecule is CCOC(=O)c1c(NC(=O)c2ccccc2)sc(C(=O)CCN(C)C)c1-c1ccccc1. The summed E-state index contributed by atoms with van der Waals surface area (Å²) in [5.74, 6) is -1.02. The molecular formula is C25H26N2O4S. The summed E-state index contributed by atoms with van der Waals surface area (Å²) in [4.78, 5) is 41.4. The standard InChI is InChI=1S/C25H26N2O4S/c1-4-31-25(30)21-20(17-11-7-5-8-12-17)22(19(28)15-16-27(2)3)32-24(21)26-23(29)18-13-9-6-10-14-18/h5-14H,4,15-16H2,1-3H3,(H,26,29). The van der Waals surface area contributed by atoms with Crippen molar-refractivity contribution in [1.29, 1.82) is 0 Å². The first kappa shape index (κ1) is 23.4. The molecule has 2 aromatic carbocycles. The van der Waals surface area contributed by atoms with E-state index in [1.54, 1.807) is 31.2 Å². The summed E-state index contributed by atoms with van der Waals surface area (Å²) in [6, 6.07) is 18.0. The van der Waals surface area contributed by atoms with Crippen LogP contribution in [-0.4, -0.2) is 49.8 Å². The van der Waals surface area contributed by atoms with E-state index in [1.165, 1.54) is 0 Å². The Bertz CT molecular complexity index is 1090. The molecule has 0 radical (unpaired) electrons. The van der Waals surface area contributed by atoms with Gasteiger partial charge in [0.05, 0.1) is 11.5 Å². The van der Waals surface area contributed by atoms with Crippen molar-refractivity contribution in [2.45, 2.75) is 13.3 Å². The third-order valence-corrected chi connectivity index (χ3v) is 5.90. The van der Waals surface area contributed by atoms with E-state index in [0.29, 0.717) is 34.0 Å². The van der Waals surface area contributed by atoms with Crippen molar-refractivity contribution in [2.24, 2.45) is 0 Å². The Morgan fingerprint density at radius 3 is 2.19 bits per heavy atom. The Morgan fingerprint density at radius 2 is 1.59 bits per heavy atom. The van der Waals surface area contributed by atoms with E-state index in [1.807, 2.05) is 55.4 Å². The second kappa shape index (κ2) is 10.8. The van der Waals surface area contributed by atoms with Gasteiger partial charge in [-0.2, -0.15) is 0 Å². The lowest BCUT2D eigenvalue weighted by atomic mass is 9.98. The van der Waals surface area contributed by atoms with Crippen LogP contribution < -0.4 is 5.32 Å². The second-order valence-electron chi connectivity index (χ2n) is 7.39. The van der Waals surface area contributed by atoms with Crippen molar-refractivity contribution >= 4 is 34.0 Å². The number of Topliss-reactive ketones (excluding diaryl/α,β-unsaturated/α-hetero) is 1. The summed E-state index contributed by atoms with van der Waals surface area (Å²) < 4.78 is 5.31. The Kier molecular flexibility index (Phi) is 7.92. The quantitative estimate of drug-likeness (QED) is 0.368. The molecule has 0 saturated heterocycles. The molecule has 32 heavy (non-hydrogen) atoms. The number of esters is 1. The van der Waals surface area contributed by atoms with E-state index >= 15 is 0 Å². The van der Waals surface area contributed by atoms with Gasteiger partial charge in [0.15, 0.2) is 5.78 Å². The number of ether oxygens (including phenoxy) is 1. The lowest BCUT2D eigenvalue weighted by Crippen LogP contribution is -2.16. The zero-order chi connectivity index (χ0) is 23.1. The van der Waals surface area contributed by atoms with Gasteiger partial charge in [-0.05, 0) is 38.7 Å². The van der Waals surface area contributed by atoms with E-state index < -0.39 is 5.97 Å². The fraction of sp³-hybridized carbons (Fsp3) is 0.240. The third kappa shape index (κ3) is 5.49. The Hall–Kier alpha value is -3.29. The highest BCUT2D eigenvalue weighted by atomic mass is 32.1. The molecule has 0 atom stereocenters. The Morgan fingerprint density at radius 1 is 0.969 bits per heavy atom. The number of amides is 1. The van der Waals surface area contributed by atoms with Crippen molar-refractivity contribution in [3.63, 3.8) is 0 Å². The van der Waals surface area contributed by atoms with Crippen LogP contribution in [-0.2, 0) is 4.74 Å². The van der Waals surface area contributed by atoms with Crippen LogP contribution in [0.4, 0.5) is 5.00 Å². The van der Waals surface area contributed by atoms with Gasteiger partial charge >= 0.3 is 5.97 Å². The minimum absolute atomic E-state index is 0.0895. The third-order valence-electron chi connectivity index (χ3n) is 4.75. The largest absolute Gasteiger partial charge is 0.462 e. The van der Waals surface area contributed by atoms with E-state index in [2.05, 4.69) is 5.32 Å². The highest BCUT2D eigenvalue weighted by Gasteiger charge is 2.29. The van der Waals surface area contributed by atoms with Gasteiger partial charge in [-0.3, -0.25) is 9.59 Å². The smallest absolute Gasteiger partial charge is 0.341 e. The molecule has 0 unspecified atom stereocenters. The normalized spacial score (nSPS) is 10.8. The molecule has 0 bridgehead atoms. The van der Waals surface area contributed by atoms with Gasteiger partial charge in [0.1, 0.15) is 10.6 Å². The fourth-order valence-corrected chi connectivity index (χ4v) is 4.37. The molecule has 1 N–H and O–H groups in total. The number of anilines is 1. The van der Waals surface area contributed by atoms with Crippen LogP contribution in [0.2, 0.25) is 0 Å². The summed E-state index contributed by atoms with van der Waals surface area (Å²) in [5.41, 5.74) is 1.89. The number of nitrogens with one attached hydrogen (secondary N) is 1. The molecule has 0 fully saturated rings. The number of thiophene rings is 1. The zero-order valence-electron chi connectivity index (χ0n) is 18.4. The van der Waals surface area contributed by atoms with Crippen LogP contribution in [0.25, 0.3) is 11.1 Å². The minimum Gasteiger partial charge on any atom is -0.462 e. The van der Waals surface area contributed by atoms with Crippen LogP contribution in [0.3, 0.4) is 0 Å². The molecule has 1 heterocycles. The number of benzene rings is 2. The molecule has 166 valence electrons. The van der Waals surface area contributed by atoms with Gasteiger partial charge in [0.2, 0.25) is 0 Å². The van der Waals surface area contributed by atoms with Crippen molar-refractivity contribution < 1.29 is 19.1 Å². The second-order valence-corrected chi connectivity index (χ2v) is 8.41. The molecule has 6 nitrogen and oxygen atoms in total. The van der Waals surface area contributed by atoms with Gasteiger partial charge in [-0.1, -0.05) is 48.5 Å². The van der Waals surface area contributed by atoms with Crippen LogP contribution >= 0.6 is 11.3 Å². The molecule has 3 aromatic rings. The van der Waals surface area contributed by atoms with Crippen molar-refractivity contribution in [3.8, 4) is 11.1 Å². The number of carbonyl (C=O) groups excluding carboxylic acids is 3. The molecule has 0 aliphatic heterocycles. The first-order valence-corrected chi connectivity index (χ1v) is 11.2. The van der Waals surface area contributed by atoms with E-state index in [9.17, 15) is 14.4 Å². The predicted molar refractivity (Wildman–Crippen MR) is 128 cm³/mol. The zero-order valence-corrected chi connectivity index (χ0v) is 19.2. The summed E-state index contributed by atoms with van der Waals surface area (Å²) in [5, 5.41) is 3.14. The Labute approximate surface area is 191 Å². The number of hydrogen-bond donors (Lipinski definition) is 1. The van der Waals surface area contributed by atoms with Gasteiger partial charge in [-0.15, -0.1) is 11.3 Å². The van der Waals surface area contributed by atoms with Crippen LogP contribution in [0.1, 0.15) is 43.7 Å². The van der Waals surface area contributed by atoms with Crippen molar-refractivity contribution in [1.82, 2.24) is 4.90 Å². The molecule has 1 amide bonds. The molecule has 0 aliphatic rings. The average Bonchev–Trinajstić information content (AvgIpc) is 3.18. The molecule has 0 aliphatic carbocycles. The number of nitrogens with zero attached hydrogens (tertiary/aromatic N) is 1. The Balaban J connectivity index is 2.13. The van der Waals surface area contributed by atoms with Gasteiger partial charge in [0, 0.05) is 24.1 Å². The maximum absolute atomic E-state index is 13.2. The number of rotatable bonds is 9. The maximum atomic E-state index is 13.2. The first-order chi connectivity index (χ1) is 15.4. The van der Waals surface area contributed by atoms with Crippen LogP contribution in [0.15, 0.2) is 60.7 Å². The van der Waals surface area contributed by atoms with Gasteiger partial charge in [0.25, 0.3) is 5.91 Å². The van der Waals surface area contributed by atoms with Crippen LogP contribution in [0.5, 0.6) is 0 Å². The monoisotopic (exact) mass is 450 g/mol. The van der Waals surface area contributed by atoms with E-state index in [0.717, 1.165) is 16.9 Å². The van der Waals surface area contributed by atoms with Crippen LogP contribution in [0, 0.1) is 0 Å². The predicted octanol–water partition coefficient (Wildman–Crippen LogP) is 4.98. The molecule has 7 heteroatoms. The molecule has 1 aromatic heterocycles. The molecule has 0 saturated carbocycles. The summed E-state index contributed by atoms with van der Waals surface area (Å²) in [7, 11) is 3.80. The van der Waals surface area contributed by atoms with Gasteiger partial charge < -0.3 is 15.0 Å². The summed E-state index contributed by atoms with van der Waals surface area (Å²) in [6.45, 7) is 2.47. The summed E-state index contributed by atoms with van der Waals surface area (Å²) in [6.07, 6.45) is 0.293. The molecular weight excluding hydrogens is 424 g/mol. The summed E-state index contributed by atoms with van der Waals surface area (Å²) >= 11 is 1.12. The topological polar surface area (TPSA) is 75.7 Å². The highest BCUT2D eigenvalue weighted by Crippen LogP contribution is 2.41. The maximum Gasteiger partial charge on any atom is 0.341 e. The average molecular weight is 451 g/mol. The number of ketones is 1. The van der Waals surface area contributed by atoms with E-state index in [4.69, 9.17) is 4.74 Å². The first-order valence-electron chi connectivity index (χ1n) is 10.4. The van der Waals surface area contributed by atoms with Crippen molar-refractivity contribution in [2.75, 3.05) is 32.6 Å². The van der Waals surface area contributed by atoms with Gasteiger partial charge in [-0.25, -0.2) is 4.79 Å². The van der Waals surface area contributed by atoms with E-state index in [-0.39, 0.29) is 23.9 Å². The number of hydrogen-bond acceptors (Lipinski definition) is 6. The highest BCUT2D eigenvalue weighted by molar-refractivity contribution is 7.19.